The van der Waals surface area contributed by atoms with Gasteiger partial charge in [-0.25, -0.2) is 0 Å². The summed E-state index contributed by atoms with van der Waals surface area (Å²) in [5, 5.41) is 0. The van der Waals surface area contributed by atoms with Crippen molar-refractivity contribution in [3.63, 3.8) is 0 Å². The summed E-state index contributed by atoms with van der Waals surface area (Å²) in [6.45, 7) is 8.01. The van der Waals surface area contributed by atoms with E-state index in [1.807, 2.05) is 34.4 Å². The molecule has 1 amide bonds. The van der Waals surface area contributed by atoms with Crippen molar-refractivity contribution in [1.29, 1.82) is 0 Å². The van der Waals surface area contributed by atoms with Crippen molar-refractivity contribution in [2.45, 2.75) is 19.8 Å². The van der Waals surface area contributed by atoms with Crippen molar-refractivity contribution < 1.29 is 9.59 Å². The number of amides is 1. The molecule has 0 aliphatic carbocycles. The third-order valence-electron chi connectivity index (χ3n) is 4.65. The average Bonchev–Trinajstić information content (AvgIpc) is 2.42. The van der Waals surface area contributed by atoms with Crippen molar-refractivity contribution >= 4 is 32.3 Å². The maximum Gasteiger partial charge on any atom is 0.236 e. The molecule has 2 saturated heterocycles. The predicted octanol–water partition coefficient (Wildman–Crippen LogP) is 0.824. The lowest BCUT2D eigenvalue weighted by Crippen LogP contribution is -2.51. The maximum atomic E-state index is 12.3. The smallest absolute Gasteiger partial charge is 0.236 e. The normalized spacial score (nSPS) is 24.6. The number of nitrogens with zero attached hydrogens (tertiary/aromatic N) is 3. The molecular formula is C14H24IN3O2. The minimum atomic E-state index is -0.231. The van der Waals surface area contributed by atoms with E-state index in [0.717, 1.165) is 52.1 Å². The highest BCUT2D eigenvalue weighted by atomic mass is 127. The maximum absolute atomic E-state index is 12.3. The Balaban J connectivity index is 1.79. The first-order valence-corrected chi connectivity index (χ1v) is 8.37. The number of rotatable bonds is 3. The third-order valence-corrected chi connectivity index (χ3v) is 5.95. The zero-order valence-electron chi connectivity index (χ0n) is 12.4. The Kier molecular flexibility index (Phi) is 5.42. The van der Waals surface area contributed by atoms with Crippen LogP contribution >= 0.6 is 22.6 Å². The Morgan fingerprint density at radius 3 is 2.10 bits per heavy atom. The number of piperazine rings is 1. The first-order valence-electron chi connectivity index (χ1n) is 7.29. The number of likely N-dealkylation sites (tertiary alicyclic amines) is 1. The van der Waals surface area contributed by atoms with Gasteiger partial charge in [0.2, 0.25) is 5.91 Å². The van der Waals surface area contributed by atoms with Gasteiger partial charge in [0.05, 0.1) is 6.54 Å². The Bertz CT molecular complexity index is 373. The summed E-state index contributed by atoms with van der Waals surface area (Å²) in [6, 6.07) is 0. The zero-order chi connectivity index (χ0) is 14.8. The van der Waals surface area contributed by atoms with Gasteiger partial charge in [0.15, 0.2) is 3.79 Å². The minimum Gasteiger partial charge on any atom is -0.342 e. The van der Waals surface area contributed by atoms with Crippen LogP contribution in [0.1, 0.15) is 19.8 Å². The Labute approximate surface area is 134 Å². The van der Waals surface area contributed by atoms with Crippen LogP contribution in [-0.2, 0) is 9.59 Å². The van der Waals surface area contributed by atoms with Crippen molar-refractivity contribution in [2.24, 2.45) is 5.41 Å². The molecule has 114 valence electrons. The summed E-state index contributed by atoms with van der Waals surface area (Å²) in [5.74, 6) is 0.220. The second kappa shape index (κ2) is 6.70. The molecule has 2 aliphatic rings. The fraction of sp³-hybridized carbons (Fsp3) is 0.857. The summed E-state index contributed by atoms with van der Waals surface area (Å²) in [6.07, 6.45) is 1.59. The van der Waals surface area contributed by atoms with Crippen molar-refractivity contribution in [1.82, 2.24) is 14.7 Å². The molecule has 0 saturated carbocycles. The molecule has 2 heterocycles. The number of likely N-dealkylation sites (N-methyl/N-ethyl adjacent to an activating group) is 1. The van der Waals surface area contributed by atoms with E-state index in [2.05, 4.69) is 16.8 Å². The summed E-state index contributed by atoms with van der Waals surface area (Å²) in [5.41, 5.74) is -0.231. The van der Waals surface area contributed by atoms with Crippen LogP contribution in [0.5, 0.6) is 0 Å². The van der Waals surface area contributed by atoms with E-state index in [4.69, 9.17) is 0 Å². The second-order valence-corrected chi connectivity index (χ2v) is 7.27. The topological polar surface area (TPSA) is 43.9 Å². The highest BCUT2D eigenvalue weighted by molar-refractivity contribution is 14.1. The fourth-order valence-electron chi connectivity index (χ4n) is 2.74. The number of carbonyl (C=O) groups is 2. The Morgan fingerprint density at radius 2 is 1.60 bits per heavy atom. The molecule has 0 spiro atoms. The van der Waals surface area contributed by atoms with E-state index in [-0.39, 0.29) is 15.1 Å². The van der Waals surface area contributed by atoms with Gasteiger partial charge in [0.1, 0.15) is 0 Å². The molecule has 20 heavy (non-hydrogen) atoms. The molecule has 0 bridgehead atoms. The number of piperidine rings is 1. The van der Waals surface area contributed by atoms with Crippen LogP contribution in [0.2, 0.25) is 0 Å². The van der Waals surface area contributed by atoms with Gasteiger partial charge in [-0.2, -0.15) is 0 Å². The van der Waals surface area contributed by atoms with Gasteiger partial charge in [-0.05, 0) is 19.9 Å². The molecule has 5 nitrogen and oxygen atoms in total. The SMILES string of the molecule is CN1CCN(CC(=O)N2CCC(C)(C(=O)I)CC2)CC1. The van der Waals surface area contributed by atoms with E-state index >= 15 is 0 Å². The highest BCUT2D eigenvalue weighted by Gasteiger charge is 2.36. The van der Waals surface area contributed by atoms with Gasteiger partial charge in [0.25, 0.3) is 0 Å². The van der Waals surface area contributed by atoms with E-state index < -0.39 is 0 Å². The molecule has 0 atom stereocenters. The summed E-state index contributed by atoms with van der Waals surface area (Å²) >= 11 is 1.89. The Morgan fingerprint density at radius 1 is 1.05 bits per heavy atom. The van der Waals surface area contributed by atoms with Gasteiger partial charge in [0, 0.05) is 67.3 Å². The number of carbonyl (C=O) groups excluding carboxylic acids is 2. The van der Waals surface area contributed by atoms with E-state index in [1.165, 1.54) is 0 Å². The molecule has 0 aromatic heterocycles. The molecule has 0 radical (unpaired) electrons. The molecule has 2 aliphatic heterocycles. The van der Waals surface area contributed by atoms with E-state index in [0.29, 0.717) is 6.54 Å². The van der Waals surface area contributed by atoms with Gasteiger partial charge in [-0.1, -0.05) is 6.92 Å². The van der Waals surface area contributed by atoms with Crippen molar-refractivity contribution in [2.75, 3.05) is 52.9 Å². The van der Waals surface area contributed by atoms with Gasteiger partial charge < -0.3 is 9.80 Å². The molecule has 0 aromatic carbocycles. The number of hydrogen-bond donors (Lipinski definition) is 0. The quantitative estimate of drug-likeness (QED) is 0.526. The van der Waals surface area contributed by atoms with E-state index in [1.54, 1.807) is 0 Å². The molecule has 2 rings (SSSR count). The van der Waals surface area contributed by atoms with Crippen LogP contribution in [-0.4, -0.2) is 77.3 Å². The van der Waals surface area contributed by atoms with E-state index in [9.17, 15) is 9.59 Å². The first kappa shape index (κ1) is 16.2. The molecule has 0 unspecified atom stereocenters. The standard InChI is InChI=1S/C14H24IN3O2/c1-14(13(15)20)3-5-18(6-4-14)12(19)11-17-9-7-16(2)8-10-17/h3-11H2,1-2H3. The van der Waals surface area contributed by atoms with Crippen LogP contribution in [0.3, 0.4) is 0 Å². The highest BCUT2D eigenvalue weighted by Crippen LogP contribution is 2.34. The minimum absolute atomic E-state index is 0.220. The summed E-state index contributed by atoms with van der Waals surface area (Å²) in [4.78, 5) is 30.4. The van der Waals surface area contributed by atoms with Gasteiger partial charge >= 0.3 is 0 Å². The lowest BCUT2D eigenvalue weighted by atomic mass is 9.82. The van der Waals surface area contributed by atoms with Crippen LogP contribution in [0, 0.1) is 5.41 Å². The van der Waals surface area contributed by atoms with Gasteiger partial charge in [-0.15, -0.1) is 0 Å². The van der Waals surface area contributed by atoms with Crippen molar-refractivity contribution in [3.05, 3.63) is 0 Å². The molecular weight excluding hydrogens is 369 g/mol. The zero-order valence-corrected chi connectivity index (χ0v) is 14.6. The number of hydrogen-bond acceptors (Lipinski definition) is 4. The monoisotopic (exact) mass is 393 g/mol. The number of halogens is 1. The second-order valence-electron chi connectivity index (χ2n) is 6.29. The van der Waals surface area contributed by atoms with Crippen molar-refractivity contribution in [3.8, 4) is 0 Å². The molecule has 0 aromatic rings. The van der Waals surface area contributed by atoms with Crippen LogP contribution < -0.4 is 0 Å². The Hall–Kier alpha value is -0.210. The third kappa shape index (κ3) is 3.92. The molecule has 2 fully saturated rings. The lowest BCUT2D eigenvalue weighted by molar-refractivity contribution is -0.136. The fourth-order valence-corrected chi connectivity index (χ4v) is 3.28. The first-order chi connectivity index (χ1) is 9.40. The predicted molar refractivity (Wildman–Crippen MR) is 86.9 cm³/mol. The van der Waals surface area contributed by atoms with Gasteiger partial charge in [-0.3, -0.25) is 14.5 Å². The molecule has 6 heteroatoms. The molecule has 0 N–H and O–H groups in total. The van der Waals surface area contributed by atoms with Crippen LogP contribution in [0.25, 0.3) is 0 Å². The summed E-state index contributed by atoms with van der Waals surface area (Å²) < 4.78 is 0.223. The lowest BCUT2D eigenvalue weighted by Gasteiger charge is -2.38. The summed E-state index contributed by atoms with van der Waals surface area (Å²) in [7, 11) is 2.12. The average molecular weight is 393 g/mol. The van der Waals surface area contributed by atoms with Crippen LogP contribution in [0.4, 0.5) is 0 Å². The van der Waals surface area contributed by atoms with Crippen LogP contribution in [0.15, 0.2) is 0 Å². The largest absolute Gasteiger partial charge is 0.342 e.